The molecule has 0 aromatic carbocycles. The molecule has 3 saturated heterocycles. The molecular weight excluding hydrogens is 470 g/mol. The highest BCUT2D eigenvalue weighted by Gasteiger charge is 2.80. The SMILES string of the molecule is C=CCN(C)C(=O)[C@@H]1[C@H]2C(=O)N(CCCCCO)C(C(=O)N(CC=C)C(C)CCC)C23CC(C)[C@@]1(C)O3. The van der Waals surface area contributed by atoms with Crippen LogP contribution in [0.1, 0.15) is 66.2 Å². The van der Waals surface area contributed by atoms with E-state index in [0.717, 1.165) is 19.3 Å². The number of likely N-dealkylation sites (N-methyl/N-ethyl adjacent to an activating group) is 1. The molecule has 0 saturated carbocycles. The molecule has 4 unspecified atom stereocenters. The van der Waals surface area contributed by atoms with Crippen LogP contribution in [0.2, 0.25) is 0 Å². The molecule has 1 spiro atoms. The Morgan fingerprint density at radius 1 is 1.22 bits per heavy atom. The van der Waals surface area contributed by atoms with E-state index in [0.29, 0.717) is 38.9 Å². The van der Waals surface area contributed by atoms with Crippen LogP contribution in [0.25, 0.3) is 0 Å². The third kappa shape index (κ3) is 4.87. The van der Waals surface area contributed by atoms with Crippen LogP contribution in [-0.4, -0.2) is 94.1 Å². The molecule has 7 atom stereocenters. The molecule has 208 valence electrons. The summed E-state index contributed by atoms with van der Waals surface area (Å²) in [5, 5.41) is 9.24. The summed E-state index contributed by atoms with van der Waals surface area (Å²) in [5.41, 5.74) is -1.87. The number of likely N-dealkylation sites (tertiary alicyclic amines) is 1. The monoisotopic (exact) mass is 517 g/mol. The van der Waals surface area contributed by atoms with Gasteiger partial charge in [-0.15, -0.1) is 13.2 Å². The van der Waals surface area contributed by atoms with Gasteiger partial charge in [0.25, 0.3) is 0 Å². The minimum atomic E-state index is -1.04. The van der Waals surface area contributed by atoms with Crippen LogP contribution in [0, 0.1) is 17.8 Å². The number of nitrogens with zero attached hydrogens (tertiary/aromatic N) is 3. The first-order valence-electron chi connectivity index (χ1n) is 13.9. The van der Waals surface area contributed by atoms with Crippen LogP contribution in [0.3, 0.4) is 0 Å². The molecule has 8 nitrogen and oxygen atoms in total. The number of carbonyl (C=O) groups excluding carboxylic acids is 3. The fourth-order valence-electron chi connectivity index (χ4n) is 7.08. The summed E-state index contributed by atoms with van der Waals surface area (Å²) < 4.78 is 6.83. The minimum Gasteiger partial charge on any atom is -0.396 e. The molecule has 0 aromatic rings. The van der Waals surface area contributed by atoms with Crippen LogP contribution in [-0.2, 0) is 19.1 Å². The van der Waals surface area contributed by atoms with Crippen molar-refractivity contribution in [3.8, 4) is 0 Å². The summed E-state index contributed by atoms with van der Waals surface area (Å²) in [5.74, 6) is -1.77. The van der Waals surface area contributed by atoms with Crippen molar-refractivity contribution >= 4 is 17.7 Å². The quantitative estimate of drug-likeness (QED) is 0.283. The number of carbonyl (C=O) groups is 3. The number of hydrogen-bond acceptors (Lipinski definition) is 5. The fraction of sp³-hybridized carbons (Fsp3) is 0.759. The molecule has 0 aromatic heterocycles. The average molecular weight is 518 g/mol. The molecule has 3 amide bonds. The van der Waals surface area contributed by atoms with E-state index in [1.165, 1.54) is 0 Å². The van der Waals surface area contributed by atoms with Gasteiger partial charge in [-0.05, 0) is 51.9 Å². The lowest BCUT2D eigenvalue weighted by Gasteiger charge is -2.39. The van der Waals surface area contributed by atoms with Crippen molar-refractivity contribution < 1.29 is 24.2 Å². The summed E-state index contributed by atoms with van der Waals surface area (Å²) in [7, 11) is 1.73. The van der Waals surface area contributed by atoms with E-state index in [1.54, 1.807) is 29.0 Å². The van der Waals surface area contributed by atoms with Crippen LogP contribution in [0.5, 0.6) is 0 Å². The molecule has 1 N–H and O–H groups in total. The highest BCUT2D eigenvalue weighted by atomic mass is 16.5. The Hall–Kier alpha value is -2.19. The topological polar surface area (TPSA) is 90.4 Å². The highest BCUT2D eigenvalue weighted by Crippen LogP contribution is 2.65. The first-order chi connectivity index (χ1) is 17.5. The molecule has 0 radical (unpaired) electrons. The normalized spacial score (nSPS) is 32.8. The number of unbranched alkanes of at least 4 members (excludes halogenated alkanes) is 2. The van der Waals surface area contributed by atoms with E-state index in [2.05, 4.69) is 27.0 Å². The van der Waals surface area contributed by atoms with Gasteiger partial charge in [-0.1, -0.05) is 32.4 Å². The summed E-state index contributed by atoms with van der Waals surface area (Å²) in [4.78, 5) is 47.5. The van der Waals surface area contributed by atoms with Gasteiger partial charge in [0, 0.05) is 39.3 Å². The number of ether oxygens (including phenoxy) is 1. The van der Waals surface area contributed by atoms with Gasteiger partial charge in [-0.2, -0.15) is 0 Å². The summed E-state index contributed by atoms with van der Waals surface area (Å²) in [6, 6.07) is -0.801. The highest BCUT2D eigenvalue weighted by molar-refractivity contribution is 5.99. The number of aliphatic hydroxyl groups is 1. The van der Waals surface area contributed by atoms with Gasteiger partial charge >= 0.3 is 0 Å². The van der Waals surface area contributed by atoms with Gasteiger partial charge in [0.2, 0.25) is 17.7 Å². The van der Waals surface area contributed by atoms with Crippen LogP contribution in [0.4, 0.5) is 0 Å². The zero-order chi connectivity index (χ0) is 27.5. The van der Waals surface area contributed by atoms with Crippen LogP contribution >= 0.6 is 0 Å². The lowest BCUT2D eigenvalue weighted by Crippen LogP contribution is -2.58. The largest absolute Gasteiger partial charge is 0.396 e. The van der Waals surface area contributed by atoms with E-state index in [9.17, 15) is 19.5 Å². The van der Waals surface area contributed by atoms with Crippen molar-refractivity contribution in [2.24, 2.45) is 17.8 Å². The summed E-state index contributed by atoms with van der Waals surface area (Å²) >= 11 is 0. The zero-order valence-corrected chi connectivity index (χ0v) is 23.4. The van der Waals surface area contributed by atoms with Crippen molar-refractivity contribution in [3.63, 3.8) is 0 Å². The van der Waals surface area contributed by atoms with Crippen molar-refractivity contribution in [3.05, 3.63) is 25.3 Å². The maximum absolute atomic E-state index is 14.4. The van der Waals surface area contributed by atoms with Gasteiger partial charge in [-0.25, -0.2) is 0 Å². The van der Waals surface area contributed by atoms with Gasteiger partial charge in [0.15, 0.2) is 0 Å². The number of hydrogen-bond donors (Lipinski definition) is 1. The molecule has 3 aliphatic rings. The van der Waals surface area contributed by atoms with E-state index in [-0.39, 0.29) is 36.3 Å². The maximum Gasteiger partial charge on any atom is 0.248 e. The van der Waals surface area contributed by atoms with Gasteiger partial charge in [-0.3, -0.25) is 14.4 Å². The molecule has 0 aliphatic carbocycles. The lowest BCUT2D eigenvalue weighted by molar-refractivity contribution is -0.155. The second-order valence-corrected chi connectivity index (χ2v) is 11.4. The van der Waals surface area contributed by atoms with E-state index in [4.69, 9.17) is 4.74 Å². The van der Waals surface area contributed by atoms with Gasteiger partial charge < -0.3 is 24.5 Å². The number of fused-ring (bicyclic) bond motifs is 1. The summed E-state index contributed by atoms with van der Waals surface area (Å²) in [6.45, 7) is 17.0. The number of aliphatic hydroxyl groups excluding tert-OH is 1. The van der Waals surface area contributed by atoms with E-state index < -0.39 is 29.1 Å². The van der Waals surface area contributed by atoms with E-state index in [1.807, 2.05) is 18.7 Å². The molecular formula is C29H47N3O5. The number of rotatable bonds is 14. The average Bonchev–Trinajstić information content (AvgIpc) is 3.36. The number of amides is 3. The fourth-order valence-corrected chi connectivity index (χ4v) is 7.08. The Bertz CT molecular complexity index is 893. The molecule has 37 heavy (non-hydrogen) atoms. The molecule has 3 fully saturated rings. The molecule has 3 rings (SSSR count). The first-order valence-corrected chi connectivity index (χ1v) is 13.9. The first kappa shape index (κ1) is 29.4. The summed E-state index contributed by atoms with van der Waals surface area (Å²) in [6.07, 6.45) is 7.80. The molecule has 3 aliphatic heterocycles. The van der Waals surface area contributed by atoms with Crippen LogP contribution < -0.4 is 0 Å². The van der Waals surface area contributed by atoms with Crippen molar-refractivity contribution in [1.29, 1.82) is 0 Å². The standard InChI is InChI=1S/C29H47N3O5/c1-8-14-21(5)31(16-10-3)27(36)24-29-19-20(4)28(6,37-29)22(25(34)30(7)15-9-2)23(29)26(35)32(24)17-12-11-13-18-33/h9-10,20-24,33H,2-3,8,11-19H2,1,4-7H3/t20?,21?,22-,23-,24?,28+,29?/m0/s1. The Balaban J connectivity index is 2.08. The third-order valence-electron chi connectivity index (χ3n) is 9.00. The predicted molar refractivity (Wildman–Crippen MR) is 144 cm³/mol. The molecule has 8 heteroatoms. The smallest absolute Gasteiger partial charge is 0.248 e. The second-order valence-electron chi connectivity index (χ2n) is 11.4. The van der Waals surface area contributed by atoms with Crippen molar-refractivity contribution in [1.82, 2.24) is 14.7 Å². The minimum absolute atomic E-state index is 0.00758. The van der Waals surface area contributed by atoms with Gasteiger partial charge in [0.1, 0.15) is 11.6 Å². The Morgan fingerprint density at radius 2 is 1.89 bits per heavy atom. The zero-order valence-electron chi connectivity index (χ0n) is 23.4. The third-order valence-corrected chi connectivity index (χ3v) is 9.00. The Kier molecular flexibility index (Phi) is 9.27. The second kappa shape index (κ2) is 11.7. The molecule has 2 bridgehead atoms. The predicted octanol–water partition coefficient (Wildman–Crippen LogP) is 3.01. The van der Waals surface area contributed by atoms with Gasteiger partial charge in [0.05, 0.1) is 17.4 Å². The Labute approximate surface area is 222 Å². The van der Waals surface area contributed by atoms with Crippen LogP contribution in [0.15, 0.2) is 25.3 Å². The maximum atomic E-state index is 14.4. The lowest BCUT2D eigenvalue weighted by atomic mass is 9.62. The molecule has 3 heterocycles. The van der Waals surface area contributed by atoms with Crippen molar-refractivity contribution in [2.45, 2.75) is 89.5 Å². The van der Waals surface area contributed by atoms with E-state index >= 15 is 0 Å². The van der Waals surface area contributed by atoms with Crippen molar-refractivity contribution in [2.75, 3.05) is 33.3 Å². The Morgan fingerprint density at radius 3 is 2.49 bits per heavy atom.